The summed E-state index contributed by atoms with van der Waals surface area (Å²) in [7, 11) is 0. The molecule has 0 spiro atoms. The van der Waals surface area contributed by atoms with Gasteiger partial charge in [-0.3, -0.25) is 9.59 Å². The smallest absolute Gasteiger partial charge is 0.239 e. The van der Waals surface area contributed by atoms with Gasteiger partial charge in [0, 0.05) is 17.0 Å². The highest BCUT2D eigenvalue weighted by atomic mass is 32.2. The molecular weight excluding hydrogens is 378 g/mol. The maximum Gasteiger partial charge on any atom is 0.239 e. The van der Waals surface area contributed by atoms with Crippen LogP contribution in [0, 0.1) is 0 Å². The van der Waals surface area contributed by atoms with Crippen LogP contribution in [-0.2, 0) is 9.59 Å². The zero-order valence-corrected chi connectivity index (χ0v) is 16.8. The molecule has 1 unspecified atom stereocenters. The molecule has 140 valence electrons. The number of nitrogens with zero attached hydrogens (tertiary/aromatic N) is 1. The Morgan fingerprint density at radius 2 is 1.85 bits per heavy atom. The highest BCUT2D eigenvalue weighted by Crippen LogP contribution is 2.28. The van der Waals surface area contributed by atoms with Gasteiger partial charge in [-0.15, -0.1) is 11.8 Å². The first-order valence-corrected chi connectivity index (χ1v) is 10.5. The third-order valence-electron chi connectivity index (χ3n) is 3.82. The van der Waals surface area contributed by atoms with Gasteiger partial charge >= 0.3 is 0 Å². The summed E-state index contributed by atoms with van der Waals surface area (Å²) in [5.41, 5.74) is 1.66. The zero-order chi connectivity index (χ0) is 19.2. The van der Waals surface area contributed by atoms with Crippen LogP contribution in [0.2, 0.25) is 0 Å². The normalized spacial score (nSPS) is 11.9. The van der Waals surface area contributed by atoms with Crippen LogP contribution in [0.3, 0.4) is 0 Å². The molecule has 0 aliphatic rings. The molecule has 0 bridgehead atoms. The van der Waals surface area contributed by atoms with Crippen molar-refractivity contribution in [1.82, 2.24) is 4.98 Å². The predicted molar refractivity (Wildman–Crippen MR) is 114 cm³/mol. The van der Waals surface area contributed by atoms with E-state index in [0.29, 0.717) is 11.6 Å². The monoisotopic (exact) mass is 399 g/mol. The van der Waals surface area contributed by atoms with Crippen molar-refractivity contribution in [3.8, 4) is 0 Å². The van der Waals surface area contributed by atoms with Crippen LogP contribution in [0.25, 0.3) is 10.2 Å². The van der Waals surface area contributed by atoms with Crippen molar-refractivity contribution >= 4 is 55.9 Å². The van der Waals surface area contributed by atoms with E-state index in [1.54, 1.807) is 0 Å². The number of anilines is 2. The third kappa shape index (κ3) is 5.30. The number of rotatable bonds is 7. The second kappa shape index (κ2) is 9.01. The summed E-state index contributed by atoms with van der Waals surface area (Å²) in [5.74, 6) is -0.0686. The Balaban J connectivity index is 1.56. The Labute approximate surface area is 166 Å². The molecule has 5 nitrogen and oxygen atoms in total. The van der Waals surface area contributed by atoms with E-state index < -0.39 is 0 Å². The van der Waals surface area contributed by atoms with Crippen molar-refractivity contribution in [1.29, 1.82) is 0 Å². The molecule has 2 N–H and O–H groups in total. The molecule has 1 aromatic heterocycles. The first-order valence-electron chi connectivity index (χ1n) is 8.78. The molecule has 0 fully saturated rings. The molecule has 2 amide bonds. The van der Waals surface area contributed by atoms with E-state index in [1.165, 1.54) is 23.1 Å². The summed E-state index contributed by atoms with van der Waals surface area (Å²) < 4.78 is 1.05. The maximum atomic E-state index is 12.5. The minimum absolute atomic E-state index is 0.0153. The number of para-hydroxylation sites is 1. The highest BCUT2D eigenvalue weighted by Gasteiger charge is 2.16. The number of aromatic nitrogens is 1. The first-order chi connectivity index (χ1) is 13.0. The van der Waals surface area contributed by atoms with Gasteiger partial charge in [0.15, 0.2) is 5.13 Å². The van der Waals surface area contributed by atoms with Crippen molar-refractivity contribution in [2.75, 3.05) is 10.6 Å². The van der Waals surface area contributed by atoms with E-state index in [9.17, 15) is 9.59 Å². The van der Waals surface area contributed by atoms with Gasteiger partial charge in [-0.1, -0.05) is 30.4 Å². The largest absolute Gasteiger partial charge is 0.326 e. The molecule has 0 aliphatic carbocycles. The van der Waals surface area contributed by atoms with E-state index in [4.69, 9.17) is 0 Å². The molecule has 1 heterocycles. The molecule has 0 aliphatic heterocycles. The van der Waals surface area contributed by atoms with Crippen LogP contribution in [0.4, 0.5) is 10.8 Å². The summed E-state index contributed by atoms with van der Waals surface area (Å²) in [6.45, 7) is 3.84. The van der Waals surface area contributed by atoms with Crippen LogP contribution in [0.15, 0.2) is 53.4 Å². The number of carbonyl (C=O) groups excluding carboxylic acids is 2. The lowest BCUT2D eigenvalue weighted by Gasteiger charge is -2.11. The van der Waals surface area contributed by atoms with E-state index in [2.05, 4.69) is 15.6 Å². The molecule has 3 aromatic rings. The van der Waals surface area contributed by atoms with Gasteiger partial charge < -0.3 is 10.6 Å². The summed E-state index contributed by atoms with van der Waals surface area (Å²) >= 11 is 2.94. The highest BCUT2D eigenvalue weighted by molar-refractivity contribution is 8.00. The van der Waals surface area contributed by atoms with Crippen LogP contribution < -0.4 is 10.6 Å². The number of hydrogen-bond acceptors (Lipinski definition) is 5. The Hall–Kier alpha value is -2.38. The fourth-order valence-corrected chi connectivity index (χ4v) is 4.19. The first kappa shape index (κ1) is 19.4. The van der Waals surface area contributed by atoms with Crippen LogP contribution >= 0.6 is 23.1 Å². The second-order valence-electron chi connectivity index (χ2n) is 6.06. The number of amides is 2. The van der Waals surface area contributed by atoms with Gasteiger partial charge in [0.1, 0.15) is 0 Å². The lowest BCUT2D eigenvalue weighted by molar-refractivity contribution is -0.116. The Kier molecular flexibility index (Phi) is 6.47. The minimum atomic E-state index is -0.266. The molecule has 0 saturated carbocycles. The number of nitrogens with one attached hydrogen (secondary N) is 2. The number of thiazole rings is 1. The molecule has 2 aromatic carbocycles. The minimum Gasteiger partial charge on any atom is -0.326 e. The number of thioether (sulfide) groups is 1. The van der Waals surface area contributed by atoms with Crippen molar-refractivity contribution in [2.45, 2.75) is 36.8 Å². The SMILES string of the molecule is CCCC(=O)Nc1ccc(SC(C)C(=O)Nc2nc3ccccc3s2)cc1. The third-order valence-corrected chi connectivity index (χ3v) is 5.89. The van der Waals surface area contributed by atoms with Gasteiger partial charge in [-0.25, -0.2) is 4.98 Å². The molecule has 0 radical (unpaired) electrons. The van der Waals surface area contributed by atoms with Crippen molar-refractivity contribution in [3.63, 3.8) is 0 Å². The fraction of sp³-hybridized carbons (Fsp3) is 0.250. The van der Waals surface area contributed by atoms with Gasteiger partial charge in [0.2, 0.25) is 11.8 Å². The summed E-state index contributed by atoms with van der Waals surface area (Å²) in [6.07, 6.45) is 1.33. The number of carbonyl (C=O) groups is 2. The molecule has 1 atom stereocenters. The van der Waals surface area contributed by atoms with Crippen LogP contribution in [0.1, 0.15) is 26.7 Å². The maximum absolute atomic E-state index is 12.5. The Morgan fingerprint density at radius 1 is 1.11 bits per heavy atom. The van der Waals surface area contributed by atoms with Crippen molar-refractivity contribution in [3.05, 3.63) is 48.5 Å². The van der Waals surface area contributed by atoms with Gasteiger partial charge in [0.05, 0.1) is 15.5 Å². The standard InChI is InChI=1S/C20H21N3O2S2/c1-3-6-18(24)21-14-9-11-15(12-10-14)26-13(2)19(25)23-20-22-16-7-4-5-8-17(16)27-20/h4-5,7-13H,3,6H2,1-2H3,(H,21,24)(H,22,23,25). The number of benzene rings is 2. The van der Waals surface area contributed by atoms with Crippen molar-refractivity contribution in [2.24, 2.45) is 0 Å². The molecule has 27 heavy (non-hydrogen) atoms. The van der Waals surface area contributed by atoms with Gasteiger partial charge in [0.25, 0.3) is 0 Å². The quantitative estimate of drug-likeness (QED) is 0.539. The van der Waals surface area contributed by atoms with Crippen LogP contribution in [-0.4, -0.2) is 22.0 Å². The Bertz CT molecular complexity index is 905. The lowest BCUT2D eigenvalue weighted by atomic mass is 10.3. The lowest BCUT2D eigenvalue weighted by Crippen LogP contribution is -2.22. The van der Waals surface area contributed by atoms with Crippen molar-refractivity contribution < 1.29 is 9.59 Å². The molecular formula is C20H21N3O2S2. The second-order valence-corrected chi connectivity index (χ2v) is 8.50. The van der Waals surface area contributed by atoms with E-state index >= 15 is 0 Å². The molecule has 3 rings (SSSR count). The number of fused-ring (bicyclic) bond motifs is 1. The topological polar surface area (TPSA) is 71.1 Å². The van der Waals surface area contributed by atoms with E-state index in [1.807, 2.05) is 62.4 Å². The van der Waals surface area contributed by atoms with Crippen LogP contribution in [0.5, 0.6) is 0 Å². The van der Waals surface area contributed by atoms with E-state index in [-0.39, 0.29) is 17.1 Å². The average molecular weight is 400 g/mol. The molecule has 7 heteroatoms. The average Bonchev–Trinajstić information content (AvgIpc) is 3.05. The summed E-state index contributed by atoms with van der Waals surface area (Å²) in [6, 6.07) is 15.3. The number of hydrogen-bond donors (Lipinski definition) is 2. The Morgan fingerprint density at radius 3 is 2.56 bits per heavy atom. The predicted octanol–water partition coefficient (Wildman–Crippen LogP) is 5.15. The fourth-order valence-electron chi connectivity index (χ4n) is 2.46. The van der Waals surface area contributed by atoms with Gasteiger partial charge in [-0.2, -0.15) is 0 Å². The summed E-state index contributed by atoms with van der Waals surface area (Å²) in [4.78, 5) is 29.5. The molecule has 0 saturated heterocycles. The zero-order valence-electron chi connectivity index (χ0n) is 15.2. The van der Waals surface area contributed by atoms with Gasteiger partial charge in [-0.05, 0) is 49.7 Å². The summed E-state index contributed by atoms with van der Waals surface area (Å²) in [5, 5.41) is 6.10. The van der Waals surface area contributed by atoms with E-state index in [0.717, 1.165) is 27.2 Å².